The Hall–Kier alpha value is -12.1. The molecule has 18 heterocycles. The Kier molecular flexibility index (Phi) is 26.7. The molecule has 2 aromatic carbocycles. The first-order valence-corrected chi connectivity index (χ1v) is 51.8. The predicted octanol–water partition coefficient (Wildman–Crippen LogP) is 0.0180. The van der Waals surface area contributed by atoms with Gasteiger partial charge in [-0.25, -0.2) is 77.0 Å². The van der Waals surface area contributed by atoms with Crippen LogP contribution in [0.1, 0.15) is 81.5 Å². The molecule has 6 aliphatic heterocycles. The number of anilines is 5. The highest BCUT2D eigenvalue weighted by atomic mass is 31.2. The van der Waals surface area contributed by atoms with E-state index in [1.807, 2.05) is 0 Å². The Morgan fingerprint density at radius 3 is 1.03 bits per heavy atom. The van der Waals surface area contributed by atoms with E-state index in [-0.39, 0.29) is 96.4 Å². The van der Waals surface area contributed by atoms with E-state index in [1.54, 1.807) is 30.3 Å². The topological polar surface area (TPSA) is 919 Å². The summed E-state index contributed by atoms with van der Waals surface area (Å²) >= 11 is 0. The summed E-state index contributed by atoms with van der Waals surface area (Å²) in [6, 6.07) is 11.1. The number of nitrogens with zero attached hydrogens (tertiary/aromatic N) is 19. The molecule has 0 saturated carbocycles. The number of nitrogen functional groups attached to an aromatic ring is 5. The third-order valence-corrected chi connectivity index (χ3v) is 29.6. The highest BCUT2D eigenvalue weighted by Gasteiger charge is 2.53. The number of hydrogen-bond donors (Lipinski definition) is 17. The summed E-state index contributed by atoms with van der Waals surface area (Å²) in [7, 11) is -33.3. The van der Waals surface area contributed by atoms with Crippen LogP contribution in [0.3, 0.4) is 0 Å². The van der Waals surface area contributed by atoms with Crippen molar-refractivity contribution in [1.29, 1.82) is 0 Å². The highest BCUT2D eigenvalue weighted by Crippen LogP contribution is 2.58. The summed E-state index contributed by atoms with van der Waals surface area (Å²) in [6.45, 7) is -4.96. The van der Waals surface area contributed by atoms with Gasteiger partial charge in [0, 0.05) is 50.3 Å². The number of imidazole rings is 5. The number of phosphoric acid groups is 6. The molecule has 144 heavy (non-hydrogen) atoms. The van der Waals surface area contributed by atoms with Crippen LogP contribution >= 0.6 is 46.9 Å². The number of para-hydroxylation sites is 3. The SMILES string of the molecule is Cc1cn(C2CC(OP(=O)(O)OCC3OC(n4cnc5c(=O)[nH]c(N)nc54)CC3OP(=O)(O)OCC3OC(n4cnc5c(=O)[nH]c(N)nc54)CC3OP(=O)(O)OCC3OC(n4cnc5c(=O)[nH]c(N)nc54)CC3OP(=O)(O)OCC3OC(n4cnc5c(N)ncnc54)CC3OP(=O)(O)OCC3OC(n4cnc5c(=O)[nH]c(N)nc54)CC3O)C(COP(=O)(O)Oc3cccc4nc5ccccc5nc34)O2)c(=O)[nH]c1=O. The first-order valence-electron chi connectivity index (χ1n) is 42.8. The summed E-state index contributed by atoms with van der Waals surface area (Å²) in [5.41, 5.74) is 24.4. The lowest BCUT2D eigenvalue weighted by Gasteiger charge is -2.26. The molecule has 0 radical (unpaired) electrons. The van der Waals surface area contributed by atoms with Crippen LogP contribution in [-0.2, 0) is 106 Å². The van der Waals surface area contributed by atoms with E-state index in [4.69, 9.17) is 111 Å². The van der Waals surface area contributed by atoms with Crippen molar-refractivity contribution in [3.63, 3.8) is 0 Å². The van der Waals surface area contributed by atoms with Gasteiger partial charge >= 0.3 is 52.6 Å². The van der Waals surface area contributed by atoms with Crippen molar-refractivity contribution < 1.29 is 145 Å². The van der Waals surface area contributed by atoms with Crippen LogP contribution in [-0.4, -0.2) is 264 Å². The van der Waals surface area contributed by atoms with Crippen molar-refractivity contribution in [1.82, 2.24) is 117 Å². The number of aryl methyl sites for hydroxylation is 1. The molecule has 6 fully saturated rings. The van der Waals surface area contributed by atoms with Gasteiger partial charge in [-0.1, -0.05) is 18.2 Å². The summed E-state index contributed by atoms with van der Waals surface area (Å²) in [6.07, 6.45) is -23.5. The molecular formula is C72H81N29O37P6. The molecule has 12 aromatic heterocycles. The van der Waals surface area contributed by atoms with Gasteiger partial charge in [-0.3, -0.25) is 131 Å². The van der Waals surface area contributed by atoms with E-state index in [0.717, 1.165) is 49.8 Å². The Labute approximate surface area is 797 Å². The minimum atomic E-state index is -5.73. The van der Waals surface area contributed by atoms with Gasteiger partial charge in [-0.2, -0.15) is 19.9 Å². The first kappa shape index (κ1) is 99.2. The summed E-state index contributed by atoms with van der Waals surface area (Å²) in [5, 5.41) is 11.1. The zero-order valence-electron chi connectivity index (χ0n) is 73.4. The maximum atomic E-state index is 14.8. The Morgan fingerprint density at radius 1 is 0.347 bits per heavy atom. The van der Waals surface area contributed by atoms with Crippen molar-refractivity contribution in [3.05, 3.63) is 154 Å². The van der Waals surface area contributed by atoms with Crippen molar-refractivity contribution in [3.8, 4) is 5.75 Å². The number of H-pyrrole nitrogens is 5. The van der Waals surface area contributed by atoms with Crippen LogP contribution in [0, 0.1) is 6.92 Å². The third-order valence-electron chi connectivity index (χ3n) is 23.6. The number of rotatable bonds is 36. The summed E-state index contributed by atoms with van der Waals surface area (Å²) in [4.78, 5) is 213. The van der Waals surface area contributed by atoms with Crippen LogP contribution < -0.4 is 66.7 Å². The second-order valence-electron chi connectivity index (χ2n) is 33.2. The second-order valence-corrected chi connectivity index (χ2v) is 41.6. The molecule has 14 aromatic rings. The zero-order valence-corrected chi connectivity index (χ0v) is 78.8. The third kappa shape index (κ3) is 20.8. The lowest BCUT2D eigenvalue weighted by molar-refractivity contribution is -0.0638. The average molecular weight is 2130 g/mol. The first-order chi connectivity index (χ1) is 68.4. The Balaban J connectivity index is 0.531. The average Bonchev–Trinajstić information content (AvgIpc) is 1.63. The van der Waals surface area contributed by atoms with Crippen molar-refractivity contribution in [2.75, 3.05) is 68.3 Å². The fourth-order valence-corrected chi connectivity index (χ4v) is 22.6. The Bertz CT molecular complexity index is 8080. The number of aromatic nitrogens is 24. The molecule has 766 valence electrons. The van der Waals surface area contributed by atoms with Crippen molar-refractivity contribution in [2.45, 2.75) is 156 Å². The van der Waals surface area contributed by atoms with Crippen LogP contribution in [0.2, 0.25) is 0 Å². The number of aromatic amines is 5. The molecule has 0 amide bonds. The van der Waals surface area contributed by atoms with E-state index in [0.29, 0.717) is 11.0 Å². The molecule has 0 aliphatic carbocycles. The van der Waals surface area contributed by atoms with Gasteiger partial charge in [0.15, 0.2) is 61.9 Å². The van der Waals surface area contributed by atoms with E-state index >= 15 is 0 Å². The van der Waals surface area contributed by atoms with Crippen LogP contribution in [0.25, 0.3) is 77.9 Å². The normalized spacial score (nSPS) is 27.3. The fraction of sp³-hybridized carbons (Fsp3) is 0.431. The molecule has 6 saturated heterocycles. The number of fused-ring (bicyclic) bond motifs is 7. The minimum absolute atomic E-state index is 0.00219. The predicted molar refractivity (Wildman–Crippen MR) is 480 cm³/mol. The minimum Gasteiger partial charge on any atom is -0.402 e. The second kappa shape index (κ2) is 38.7. The number of benzene rings is 2. The molecule has 72 heteroatoms. The smallest absolute Gasteiger partial charge is 0.402 e. The van der Waals surface area contributed by atoms with Gasteiger partial charge in [0.2, 0.25) is 23.8 Å². The van der Waals surface area contributed by atoms with Gasteiger partial charge in [0.1, 0.15) is 122 Å². The maximum absolute atomic E-state index is 14.8. The van der Waals surface area contributed by atoms with Gasteiger partial charge < -0.3 is 91.2 Å². The van der Waals surface area contributed by atoms with E-state index < -0.39 is 281 Å². The molecule has 24 atom stereocenters. The molecule has 24 unspecified atom stereocenters. The molecule has 66 nitrogen and oxygen atoms in total. The number of hydrogen-bond acceptors (Lipinski definition) is 49. The van der Waals surface area contributed by atoms with Crippen molar-refractivity contribution >= 4 is 154 Å². The lowest BCUT2D eigenvalue weighted by atomic mass is 10.2. The van der Waals surface area contributed by atoms with Crippen LogP contribution in [0.15, 0.2) is 115 Å². The van der Waals surface area contributed by atoms with E-state index in [2.05, 4.69) is 89.7 Å². The van der Waals surface area contributed by atoms with Crippen LogP contribution in [0.4, 0.5) is 29.6 Å². The zero-order chi connectivity index (χ0) is 101. The maximum Gasteiger partial charge on any atom is 0.527 e. The quantitative estimate of drug-likeness (QED) is 0.0182. The molecule has 20 rings (SSSR count). The molecule has 6 aliphatic rings. The van der Waals surface area contributed by atoms with Gasteiger partial charge in [0.05, 0.1) is 93.9 Å². The number of aliphatic hydroxyl groups excluding tert-OH is 1. The van der Waals surface area contributed by atoms with Gasteiger partial charge in [-0.15, -0.1) is 0 Å². The van der Waals surface area contributed by atoms with Gasteiger partial charge in [0.25, 0.3) is 27.8 Å². The number of nitrogens with two attached hydrogens (primary N) is 5. The summed E-state index contributed by atoms with van der Waals surface area (Å²) < 4.78 is 198. The lowest BCUT2D eigenvalue weighted by Crippen LogP contribution is -2.33. The molecular weight excluding hydrogens is 2050 g/mol. The number of nitrogens with one attached hydrogen (secondary N) is 5. The number of phosphoric ester groups is 6. The van der Waals surface area contributed by atoms with Crippen molar-refractivity contribution in [2.24, 2.45) is 0 Å². The number of ether oxygens (including phenoxy) is 6. The highest BCUT2D eigenvalue weighted by molar-refractivity contribution is 7.49. The van der Waals surface area contributed by atoms with Crippen LogP contribution in [0.5, 0.6) is 5.75 Å². The van der Waals surface area contributed by atoms with E-state index in [1.165, 1.54) is 40.8 Å². The Morgan fingerprint density at radius 2 is 0.660 bits per heavy atom. The largest absolute Gasteiger partial charge is 0.527 e. The fourth-order valence-electron chi connectivity index (χ4n) is 17.0. The monoisotopic (exact) mass is 2130 g/mol. The molecule has 22 N–H and O–H groups in total. The molecule has 0 spiro atoms. The number of aliphatic hydroxyl groups is 1. The van der Waals surface area contributed by atoms with Gasteiger partial charge in [-0.05, 0) is 31.2 Å². The van der Waals surface area contributed by atoms with E-state index in [9.17, 15) is 90.6 Å². The summed E-state index contributed by atoms with van der Waals surface area (Å²) in [5.74, 6) is -1.80. The molecule has 0 bridgehead atoms. The standard InChI is InChI=1S/C72H81N29O37P6/c1-28-15-96(72(108)95-63(28)103)46-10-34(40(128-46)17-122-139(109,110)133-33-8-4-7-31-51(33)86-30-6-3-2-5-29(30)85-31)134-141(113,114)124-19-42-36(12-48(130-42)99-25-82-54-60(99)88-69(75)92-65(54)105)137-143(117,118)126-21-44-38(14-50(132-44)101-27-84-56-62(101)90-71(77)94-67(56)107)138-144(119,120)125-20-43-37(13-49(131-43)100-26-83-55-61(100)89-70(76)93-66(55)106)136-142(115,116)123-18-41-35(11-47(129-41)97-23-80-52-57(73)78-22-79-58(52)97)135-140(111,112)121-16-39-32(102)9-45(127-39)98-24-81-53-59(98)87-68(74)91-64(53)104/h2-8,15,22-27,32,34-50,102H,9-14,16-21H2,1H3,(H,109,110)(H,111,112)(H,113,114)(H,115,116)(H,117,118)(H,119,120)(H2,73,78,79)(H,95,103,108)(H3,74,87,91,104)(H3,75,88,92,105)(H3,76,89,93,106)(H3,77,90,94,107).